The quantitative estimate of drug-likeness (QED) is 0.607. The molecule has 9 heteroatoms. The molecule has 0 saturated carbocycles. The Morgan fingerprint density at radius 3 is 2.59 bits per heavy atom. The average molecular weight is 392 g/mol. The molecule has 2 N–H and O–H groups in total. The Morgan fingerprint density at radius 1 is 1.26 bits per heavy atom. The summed E-state index contributed by atoms with van der Waals surface area (Å²) in [6.45, 7) is 1.99. The Morgan fingerprint density at radius 2 is 1.96 bits per heavy atom. The number of ether oxygens (including phenoxy) is 2. The average Bonchev–Trinajstić information content (AvgIpc) is 2.86. The van der Waals surface area contributed by atoms with Gasteiger partial charge in [0.05, 0.1) is 18.0 Å². The SMILES string of the molecule is COc1ccc(S(=O)(=O)N2Cc3ccc(C(=O)NO)cc3OC[C@H]2C)cc1. The van der Waals surface area contributed by atoms with Crippen LogP contribution in [0.3, 0.4) is 0 Å². The first kappa shape index (κ1) is 19.2. The second-order valence-electron chi connectivity index (χ2n) is 6.15. The number of hydrogen-bond donors (Lipinski definition) is 2. The molecule has 0 fully saturated rings. The maximum Gasteiger partial charge on any atom is 0.274 e. The molecule has 1 aliphatic rings. The van der Waals surface area contributed by atoms with Crippen LogP contribution in [0.4, 0.5) is 0 Å². The van der Waals surface area contributed by atoms with Crippen molar-refractivity contribution in [2.24, 2.45) is 0 Å². The highest BCUT2D eigenvalue weighted by molar-refractivity contribution is 7.89. The van der Waals surface area contributed by atoms with Gasteiger partial charge >= 0.3 is 0 Å². The second-order valence-corrected chi connectivity index (χ2v) is 8.04. The summed E-state index contributed by atoms with van der Waals surface area (Å²) in [7, 11) is -2.24. The molecule has 144 valence electrons. The summed E-state index contributed by atoms with van der Waals surface area (Å²) in [4.78, 5) is 11.7. The third-order valence-corrected chi connectivity index (χ3v) is 6.37. The Labute approximate surface area is 157 Å². The zero-order valence-electron chi connectivity index (χ0n) is 14.9. The molecule has 0 bridgehead atoms. The number of hydroxylamine groups is 1. The smallest absolute Gasteiger partial charge is 0.274 e. The molecule has 0 radical (unpaired) electrons. The first-order valence-corrected chi connectivity index (χ1v) is 9.67. The van der Waals surface area contributed by atoms with Crippen molar-refractivity contribution in [1.82, 2.24) is 9.79 Å². The fourth-order valence-electron chi connectivity index (χ4n) is 2.85. The number of benzene rings is 2. The number of fused-ring (bicyclic) bond motifs is 1. The monoisotopic (exact) mass is 392 g/mol. The van der Waals surface area contributed by atoms with E-state index in [1.807, 2.05) is 0 Å². The van der Waals surface area contributed by atoms with Crippen molar-refractivity contribution in [3.63, 3.8) is 0 Å². The summed E-state index contributed by atoms with van der Waals surface area (Å²) in [6.07, 6.45) is 0. The molecule has 0 aromatic heterocycles. The summed E-state index contributed by atoms with van der Waals surface area (Å²) in [6, 6.07) is 10.4. The molecule has 8 nitrogen and oxygen atoms in total. The molecular weight excluding hydrogens is 372 g/mol. The lowest BCUT2D eigenvalue weighted by Crippen LogP contribution is -2.39. The van der Waals surface area contributed by atoms with Gasteiger partial charge < -0.3 is 9.47 Å². The van der Waals surface area contributed by atoms with E-state index >= 15 is 0 Å². The minimum atomic E-state index is -3.75. The Hall–Kier alpha value is -2.62. The fourth-order valence-corrected chi connectivity index (χ4v) is 4.44. The van der Waals surface area contributed by atoms with Gasteiger partial charge in [-0.2, -0.15) is 4.31 Å². The van der Waals surface area contributed by atoms with E-state index in [4.69, 9.17) is 14.7 Å². The van der Waals surface area contributed by atoms with Gasteiger partial charge in [-0.25, -0.2) is 13.9 Å². The number of rotatable bonds is 4. The van der Waals surface area contributed by atoms with Crippen molar-refractivity contribution in [1.29, 1.82) is 0 Å². The van der Waals surface area contributed by atoms with E-state index in [0.29, 0.717) is 17.1 Å². The van der Waals surface area contributed by atoms with Gasteiger partial charge in [0.25, 0.3) is 5.91 Å². The number of hydrogen-bond acceptors (Lipinski definition) is 6. The number of carbonyl (C=O) groups is 1. The van der Waals surface area contributed by atoms with Crippen molar-refractivity contribution >= 4 is 15.9 Å². The lowest BCUT2D eigenvalue weighted by molar-refractivity contribution is 0.0706. The minimum Gasteiger partial charge on any atom is -0.497 e. The van der Waals surface area contributed by atoms with Gasteiger partial charge in [-0.05, 0) is 43.3 Å². The van der Waals surface area contributed by atoms with Gasteiger partial charge in [0.2, 0.25) is 10.0 Å². The van der Waals surface area contributed by atoms with Gasteiger partial charge in [0.15, 0.2) is 0 Å². The molecule has 2 aromatic carbocycles. The topological polar surface area (TPSA) is 105 Å². The molecule has 1 aliphatic heterocycles. The molecule has 27 heavy (non-hydrogen) atoms. The summed E-state index contributed by atoms with van der Waals surface area (Å²) >= 11 is 0. The number of nitrogens with zero attached hydrogens (tertiary/aromatic N) is 1. The Balaban J connectivity index is 1.95. The molecule has 0 aliphatic carbocycles. The molecule has 0 spiro atoms. The van der Waals surface area contributed by atoms with Crippen molar-refractivity contribution in [2.45, 2.75) is 24.4 Å². The number of amides is 1. The first-order valence-electron chi connectivity index (χ1n) is 8.23. The van der Waals surface area contributed by atoms with Crippen LogP contribution in [0.15, 0.2) is 47.4 Å². The largest absolute Gasteiger partial charge is 0.497 e. The number of nitrogens with one attached hydrogen (secondary N) is 1. The van der Waals surface area contributed by atoms with Crippen molar-refractivity contribution < 1.29 is 27.9 Å². The highest BCUT2D eigenvalue weighted by Gasteiger charge is 2.32. The van der Waals surface area contributed by atoms with Gasteiger partial charge in [-0.3, -0.25) is 10.0 Å². The van der Waals surface area contributed by atoms with Gasteiger partial charge in [0, 0.05) is 17.7 Å². The van der Waals surface area contributed by atoms with E-state index < -0.39 is 22.0 Å². The van der Waals surface area contributed by atoms with E-state index in [1.165, 1.54) is 35.7 Å². The van der Waals surface area contributed by atoms with Crippen molar-refractivity contribution in [2.75, 3.05) is 13.7 Å². The summed E-state index contributed by atoms with van der Waals surface area (Å²) in [5.74, 6) is 0.318. The summed E-state index contributed by atoms with van der Waals surface area (Å²) < 4.78 is 38.4. The van der Waals surface area contributed by atoms with Gasteiger partial charge in [-0.15, -0.1) is 0 Å². The molecular formula is C18H20N2O6S. The van der Waals surface area contributed by atoms with Crippen LogP contribution in [0.2, 0.25) is 0 Å². The van der Waals surface area contributed by atoms with E-state index in [1.54, 1.807) is 30.6 Å². The zero-order chi connectivity index (χ0) is 19.6. The van der Waals surface area contributed by atoms with Crippen LogP contribution in [0.5, 0.6) is 11.5 Å². The van der Waals surface area contributed by atoms with Crippen LogP contribution in [0.1, 0.15) is 22.8 Å². The van der Waals surface area contributed by atoms with Crippen LogP contribution in [-0.4, -0.2) is 43.6 Å². The maximum atomic E-state index is 13.1. The van der Waals surface area contributed by atoms with E-state index in [9.17, 15) is 13.2 Å². The molecule has 1 atom stereocenters. The van der Waals surface area contributed by atoms with Crippen LogP contribution in [0, 0.1) is 0 Å². The fraction of sp³-hybridized carbons (Fsp3) is 0.278. The van der Waals surface area contributed by atoms with E-state index in [0.717, 1.165) is 0 Å². The van der Waals surface area contributed by atoms with Crippen LogP contribution >= 0.6 is 0 Å². The Bertz CT molecular complexity index is 943. The van der Waals surface area contributed by atoms with Crippen LogP contribution < -0.4 is 15.0 Å². The Kier molecular flexibility index (Phi) is 5.36. The highest BCUT2D eigenvalue weighted by Crippen LogP contribution is 2.30. The van der Waals surface area contributed by atoms with Crippen LogP contribution in [0.25, 0.3) is 0 Å². The number of carbonyl (C=O) groups excluding carboxylic acids is 1. The first-order chi connectivity index (χ1) is 12.9. The van der Waals surface area contributed by atoms with Gasteiger partial charge in [0.1, 0.15) is 18.1 Å². The van der Waals surface area contributed by atoms with Gasteiger partial charge in [-0.1, -0.05) is 6.07 Å². The van der Waals surface area contributed by atoms with Crippen molar-refractivity contribution in [3.05, 3.63) is 53.6 Å². The normalized spacial score (nSPS) is 17.4. The molecule has 1 amide bonds. The summed E-state index contributed by atoms with van der Waals surface area (Å²) in [5.41, 5.74) is 2.41. The molecule has 2 aromatic rings. The van der Waals surface area contributed by atoms with E-state index in [2.05, 4.69) is 0 Å². The molecule has 3 rings (SSSR count). The lowest BCUT2D eigenvalue weighted by Gasteiger charge is -2.25. The lowest BCUT2D eigenvalue weighted by atomic mass is 10.1. The predicted molar refractivity (Wildman–Crippen MR) is 96.4 cm³/mol. The highest BCUT2D eigenvalue weighted by atomic mass is 32.2. The zero-order valence-corrected chi connectivity index (χ0v) is 15.7. The third kappa shape index (κ3) is 3.75. The minimum absolute atomic E-state index is 0.103. The van der Waals surface area contributed by atoms with E-state index in [-0.39, 0.29) is 23.6 Å². The number of sulfonamides is 1. The molecule has 0 saturated heterocycles. The maximum absolute atomic E-state index is 13.1. The second kappa shape index (κ2) is 7.55. The van der Waals surface area contributed by atoms with Crippen LogP contribution in [-0.2, 0) is 16.6 Å². The third-order valence-electron chi connectivity index (χ3n) is 4.39. The standard InChI is InChI=1S/C18H20N2O6S/c1-12-11-26-17-9-13(18(21)19-22)3-4-14(17)10-20(12)27(23,24)16-7-5-15(25-2)6-8-16/h3-9,12,22H,10-11H2,1-2H3,(H,19,21)/t12-/m1/s1. The predicted octanol–water partition coefficient (Wildman–Crippen LogP) is 1.79. The summed E-state index contributed by atoms with van der Waals surface area (Å²) in [5, 5.41) is 8.77. The number of methoxy groups -OCH3 is 1. The molecule has 1 heterocycles. The molecule has 0 unspecified atom stereocenters. The van der Waals surface area contributed by atoms with Crippen molar-refractivity contribution in [3.8, 4) is 11.5 Å².